The van der Waals surface area contributed by atoms with E-state index in [1.54, 1.807) is 11.8 Å². The highest BCUT2D eigenvalue weighted by molar-refractivity contribution is 5.65. The van der Waals surface area contributed by atoms with Crippen LogP contribution in [0.1, 0.15) is 33.3 Å². The maximum absolute atomic E-state index is 10.7. The second-order valence-electron chi connectivity index (χ2n) is 9.52. The molecule has 1 N–H and O–H groups in total. The first-order chi connectivity index (χ1) is 16.8. The van der Waals surface area contributed by atoms with E-state index in [1.165, 1.54) is 0 Å². The molecule has 3 aromatic rings. The molecule has 1 atom stereocenters. The van der Waals surface area contributed by atoms with Crippen molar-refractivity contribution in [3.8, 4) is 28.6 Å². The van der Waals surface area contributed by atoms with Gasteiger partial charge in [0.15, 0.2) is 0 Å². The van der Waals surface area contributed by atoms with E-state index in [-0.39, 0.29) is 6.10 Å². The Hall–Kier alpha value is -2.87. The first kappa shape index (κ1) is 26.7. The van der Waals surface area contributed by atoms with Gasteiger partial charge in [0.1, 0.15) is 17.2 Å². The van der Waals surface area contributed by atoms with Gasteiger partial charge in [0.2, 0.25) is 5.88 Å². The number of rotatable bonds is 13. The lowest BCUT2D eigenvalue weighted by atomic mass is 10.1. The Morgan fingerprint density at radius 3 is 2.20 bits per heavy atom. The quantitative estimate of drug-likeness (QED) is 0.365. The molecule has 0 radical (unpaired) electrons. The molecule has 0 amide bonds. The molecule has 1 aromatic heterocycles. The standard InChI is InChI=1S/C28H39N3O4/c1-20(2)16-31(17-23(32)19-34-21(3)4)18-26-27(22-10-8-7-9-11-22)29-30(5)28(26)35-25-14-12-24(33-6)13-15-25/h7-15,20-21,23,32H,16-19H2,1-6H3/t23-/m0/s1. The fourth-order valence-electron chi connectivity index (χ4n) is 4.00. The van der Waals surface area contributed by atoms with Crippen LogP contribution in [0, 0.1) is 5.92 Å². The average molecular weight is 482 g/mol. The minimum absolute atomic E-state index is 0.0794. The molecule has 0 bridgehead atoms. The molecule has 2 aromatic carbocycles. The maximum Gasteiger partial charge on any atom is 0.222 e. The largest absolute Gasteiger partial charge is 0.497 e. The second-order valence-corrected chi connectivity index (χ2v) is 9.52. The van der Waals surface area contributed by atoms with Gasteiger partial charge in [-0.15, -0.1) is 0 Å². The van der Waals surface area contributed by atoms with E-state index < -0.39 is 6.10 Å². The van der Waals surface area contributed by atoms with Gasteiger partial charge in [-0.3, -0.25) is 4.90 Å². The van der Waals surface area contributed by atoms with Crippen molar-refractivity contribution in [3.05, 3.63) is 60.2 Å². The molecule has 0 spiro atoms. The summed E-state index contributed by atoms with van der Waals surface area (Å²) in [7, 11) is 3.54. The maximum atomic E-state index is 10.7. The Balaban J connectivity index is 1.95. The minimum atomic E-state index is -0.584. The van der Waals surface area contributed by atoms with E-state index in [0.717, 1.165) is 29.1 Å². The zero-order chi connectivity index (χ0) is 25.4. The van der Waals surface area contributed by atoms with Gasteiger partial charge in [-0.1, -0.05) is 44.2 Å². The summed E-state index contributed by atoms with van der Waals surface area (Å²) < 4.78 is 19.1. The first-order valence-electron chi connectivity index (χ1n) is 12.2. The smallest absolute Gasteiger partial charge is 0.222 e. The SMILES string of the molecule is COc1ccc(Oc2c(CN(CC(C)C)C[C@H](O)COC(C)C)c(-c3ccccc3)nn2C)cc1. The number of hydrogen-bond donors (Lipinski definition) is 1. The Kier molecular flexibility index (Phi) is 9.72. The molecule has 7 nitrogen and oxygen atoms in total. The Morgan fingerprint density at radius 2 is 1.60 bits per heavy atom. The Morgan fingerprint density at radius 1 is 0.943 bits per heavy atom. The number of aliphatic hydroxyl groups excluding tert-OH is 1. The summed E-state index contributed by atoms with van der Waals surface area (Å²) in [4.78, 5) is 2.25. The van der Waals surface area contributed by atoms with E-state index in [1.807, 2.05) is 63.4 Å². The second kappa shape index (κ2) is 12.7. The van der Waals surface area contributed by atoms with Crippen molar-refractivity contribution in [1.29, 1.82) is 0 Å². The van der Waals surface area contributed by atoms with Crippen LogP contribution in [0.5, 0.6) is 17.4 Å². The third-order valence-corrected chi connectivity index (χ3v) is 5.51. The van der Waals surface area contributed by atoms with Crippen molar-refractivity contribution in [3.63, 3.8) is 0 Å². The van der Waals surface area contributed by atoms with Crippen LogP contribution in [0.25, 0.3) is 11.3 Å². The molecular formula is C28H39N3O4. The van der Waals surface area contributed by atoms with Gasteiger partial charge in [-0.05, 0) is 44.0 Å². The monoisotopic (exact) mass is 481 g/mol. The zero-order valence-corrected chi connectivity index (χ0v) is 21.8. The predicted octanol–water partition coefficient (Wildman–Crippen LogP) is 5.13. The molecule has 0 fully saturated rings. The highest BCUT2D eigenvalue weighted by Gasteiger charge is 2.24. The van der Waals surface area contributed by atoms with E-state index in [0.29, 0.717) is 37.2 Å². The van der Waals surface area contributed by atoms with E-state index in [4.69, 9.17) is 19.3 Å². The van der Waals surface area contributed by atoms with Crippen molar-refractivity contribution < 1.29 is 19.3 Å². The lowest BCUT2D eigenvalue weighted by molar-refractivity contribution is -0.0109. The van der Waals surface area contributed by atoms with Gasteiger partial charge in [0.25, 0.3) is 0 Å². The third-order valence-electron chi connectivity index (χ3n) is 5.51. The van der Waals surface area contributed by atoms with Crippen LogP contribution in [0.3, 0.4) is 0 Å². The molecule has 0 aliphatic rings. The molecule has 0 saturated heterocycles. The van der Waals surface area contributed by atoms with Crippen LogP contribution in [-0.4, -0.2) is 58.8 Å². The summed E-state index contributed by atoms with van der Waals surface area (Å²) in [5.41, 5.74) is 2.88. The molecule has 1 heterocycles. The highest BCUT2D eigenvalue weighted by atomic mass is 16.5. The van der Waals surface area contributed by atoms with Crippen molar-refractivity contribution in [2.75, 3.05) is 26.8 Å². The van der Waals surface area contributed by atoms with Gasteiger partial charge < -0.3 is 19.3 Å². The lowest BCUT2D eigenvalue weighted by Crippen LogP contribution is -2.37. The van der Waals surface area contributed by atoms with Crippen molar-refractivity contribution in [2.45, 2.75) is 46.4 Å². The summed E-state index contributed by atoms with van der Waals surface area (Å²) >= 11 is 0. The fraction of sp³-hybridized carbons (Fsp3) is 0.464. The van der Waals surface area contributed by atoms with Crippen molar-refractivity contribution in [1.82, 2.24) is 14.7 Å². The topological polar surface area (TPSA) is 69.0 Å². The van der Waals surface area contributed by atoms with Gasteiger partial charge in [-0.2, -0.15) is 5.10 Å². The van der Waals surface area contributed by atoms with E-state index in [2.05, 4.69) is 30.9 Å². The van der Waals surface area contributed by atoms with Gasteiger partial charge in [-0.25, -0.2) is 4.68 Å². The zero-order valence-electron chi connectivity index (χ0n) is 21.8. The summed E-state index contributed by atoms with van der Waals surface area (Å²) in [5, 5.41) is 15.5. The molecule has 0 aliphatic heterocycles. The Bertz CT molecular complexity index is 1030. The molecule has 3 rings (SSSR count). The molecule has 0 aliphatic carbocycles. The van der Waals surface area contributed by atoms with Crippen LogP contribution < -0.4 is 9.47 Å². The van der Waals surface area contributed by atoms with Crippen LogP contribution in [-0.2, 0) is 18.3 Å². The summed E-state index contributed by atoms with van der Waals surface area (Å²) in [6, 6.07) is 17.7. The lowest BCUT2D eigenvalue weighted by Gasteiger charge is -2.27. The van der Waals surface area contributed by atoms with Gasteiger partial charge in [0.05, 0.1) is 31.5 Å². The number of aliphatic hydroxyl groups is 1. The first-order valence-corrected chi connectivity index (χ1v) is 12.2. The average Bonchev–Trinajstić information content (AvgIpc) is 3.13. The van der Waals surface area contributed by atoms with E-state index >= 15 is 0 Å². The van der Waals surface area contributed by atoms with Crippen LogP contribution in [0.4, 0.5) is 0 Å². The molecular weight excluding hydrogens is 442 g/mol. The Labute approximate surface area is 209 Å². The molecule has 7 heteroatoms. The van der Waals surface area contributed by atoms with Crippen LogP contribution in [0.15, 0.2) is 54.6 Å². The number of aromatic nitrogens is 2. The molecule has 0 saturated carbocycles. The number of hydrogen-bond acceptors (Lipinski definition) is 6. The third kappa shape index (κ3) is 7.82. The van der Waals surface area contributed by atoms with Crippen LogP contribution >= 0.6 is 0 Å². The fourth-order valence-corrected chi connectivity index (χ4v) is 4.00. The molecule has 0 unspecified atom stereocenters. The van der Waals surface area contributed by atoms with Gasteiger partial charge in [0, 0.05) is 32.2 Å². The number of ether oxygens (including phenoxy) is 3. The molecule has 190 valence electrons. The van der Waals surface area contributed by atoms with E-state index in [9.17, 15) is 5.11 Å². The number of methoxy groups -OCH3 is 1. The number of benzene rings is 2. The van der Waals surface area contributed by atoms with Crippen molar-refractivity contribution in [2.24, 2.45) is 13.0 Å². The van der Waals surface area contributed by atoms with Gasteiger partial charge >= 0.3 is 0 Å². The molecule has 35 heavy (non-hydrogen) atoms. The van der Waals surface area contributed by atoms with Crippen LogP contribution in [0.2, 0.25) is 0 Å². The summed E-state index contributed by atoms with van der Waals surface area (Å²) in [5.74, 6) is 2.58. The normalized spacial score (nSPS) is 12.5. The highest BCUT2D eigenvalue weighted by Crippen LogP contribution is 2.34. The number of aryl methyl sites for hydroxylation is 1. The number of nitrogens with zero attached hydrogens (tertiary/aromatic N) is 3. The minimum Gasteiger partial charge on any atom is -0.497 e. The van der Waals surface area contributed by atoms with Crippen molar-refractivity contribution >= 4 is 0 Å². The summed E-state index contributed by atoms with van der Waals surface area (Å²) in [6.45, 7) is 10.5. The summed E-state index contributed by atoms with van der Waals surface area (Å²) in [6.07, 6.45) is -0.505. The predicted molar refractivity (Wildman–Crippen MR) is 139 cm³/mol.